The van der Waals surface area contributed by atoms with E-state index in [0.29, 0.717) is 13.0 Å². The molecule has 2 N–H and O–H groups in total. The fraction of sp³-hybridized carbons (Fsp3) is 0.538. The number of nitrogens with zero attached hydrogens (tertiary/aromatic N) is 1. The highest BCUT2D eigenvalue weighted by molar-refractivity contribution is 9.10. The van der Waals surface area contributed by atoms with Crippen LogP contribution in [0.3, 0.4) is 0 Å². The van der Waals surface area contributed by atoms with Crippen LogP contribution in [0.1, 0.15) is 20.3 Å². The van der Waals surface area contributed by atoms with E-state index in [1.54, 1.807) is 0 Å². The summed E-state index contributed by atoms with van der Waals surface area (Å²) in [7, 11) is -2.21. The first-order valence-electron chi connectivity index (χ1n) is 6.33. The fourth-order valence-electron chi connectivity index (χ4n) is 1.60. The summed E-state index contributed by atoms with van der Waals surface area (Å²) in [6.45, 7) is 4.28. The minimum atomic E-state index is -3.68. The molecule has 0 aliphatic carbocycles. The van der Waals surface area contributed by atoms with Crippen LogP contribution in [0.4, 0.5) is 4.39 Å². The van der Waals surface area contributed by atoms with Crippen LogP contribution in [0, 0.1) is 11.7 Å². The Morgan fingerprint density at radius 3 is 2.43 bits per heavy atom. The van der Waals surface area contributed by atoms with Crippen molar-refractivity contribution in [2.45, 2.75) is 31.2 Å². The summed E-state index contributed by atoms with van der Waals surface area (Å²) < 4.78 is 39.4. The third kappa shape index (κ3) is 5.49. The Labute approximate surface area is 140 Å². The molecule has 8 heteroatoms. The smallest absolute Gasteiger partial charge is 0.242 e. The van der Waals surface area contributed by atoms with E-state index in [2.05, 4.69) is 15.9 Å². The molecule has 1 unspecified atom stereocenters. The molecule has 4 nitrogen and oxygen atoms in total. The molecular weight excluding hydrogens is 383 g/mol. The summed E-state index contributed by atoms with van der Waals surface area (Å²) in [5.74, 6) is -0.311. The standard InChI is InChI=1S/C13H20BrFN2O2S.ClH/c1-9(2)13(16)6-7-17(3)20(18,19)10-4-5-11(14)12(15)8-10;/h4-5,8-9,13H,6-7,16H2,1-3H3;1H. The summed E-state index contributed by atoms with van der Waals surface area (Å²) in [6.07, 6.45) is 0.562. The lowest BCUT2D eigenvalue weighted by molar-refractivity contribution is 0.397. The molecule has 0 spiro atoms. The predicted octanol–water partition coefficient (Wildman–Crippen LogP) is 3.00. The zero-order valence-corrected chi connectivity index (χ0v) is 15.4. The normalized spacial score (nSPS) is 13.3. The average molecular weight is 404 g/mol. The van der Waals surface area contributed by atoms with Gasteiger partial charge >= 0.3 is 0 Å². The van der Waals surface area contributed by atoms with Gasteiger partial charge in [0, 0.05) is 19.6 Å². The number of rotatable bonds is 6. The Balaban J connectivity index is 0.00000400. The molecule has 0 bridgehead atoms. The van der Waals surface area contributed by atoms with Gasteiger partial charge in [0.15, 0.2) is 0 Å². The largest absolute Gasteiger partial charge is 0.327 e. The number of hydrogen-bond donors (Lipinski definition) is 1. The van der Waals surface area contributed by atoms with Crippen molar-refractivity contribution in [1.29, 1.82) is 0 Å². The second-order valence-corrected chi connectivity index (χ2v) is 8.00. The van der Waals surface area contributed by atoms with Crippen molar-refractivity contribution >= 4 is 38.4 Å². The van der Waals surface area contributed by atoms with E-state index in [1.165, 1.54) is 23.5 Å². The molecule has 0 radical (unpaired) electrons. The van der Waals surface area contributed by atoms with E-state index < -0.39 is 15.8 Å². The summed E-state index contributed by atoms with van der Waals surface area (Å²) in [5.41, 5.74) is 5.90. The maximum atomic E-state index is 13.4. The molecule has 0 aliphatic rings. The van der Waals surface area contributed by atoms with Gasteiger partial charge in [-0.1, -0.05) is 13.8 Å². The summed E-state index contributed by atoms with van der Waals surface area (Å²) in [6, 6.07) is 3.71. The monoisotopic (exact) mass is 402 g/mol. The first-order chi connectivity index (χ1) is 9.16. The van der Waals surface area contributed by atoms with Gasteiger partial charge in [0.1, 0.15) is 5.82 Å². The second kappa shape index (κ2) is 8.43. The van der Waals surface area contributed by atoms with Crippen molar-refractivity contribution in [3.63, 3.8) is 0 Å². The molecule has 0 amide bonds. The lowest BCUT2D eigenvalue weighted by Gasteiger charge is -2.21. The van der Waals surface area contributed by atoms with Gasteiger partial charge in [0.05, 0.1) is 9.37 Å². The van der Waals surface area contributed by atoms with Gasteiger partial charge in [0.2, 0.25) is 10.0 Å². The van der Waals surface area contributed by atoms with Crippen LogP contribution < -0.4 is 5.73 Å². The molecule has 1 atom stereocenters. The molecule has 0 aromatic heterocycles. The van der Waals surface area contributed by atoms with E-state index in [-0.39, 0.29) is 33.7 Å². The van der Waals surface area contributed by atoms with Crippen molar-refractivity contribution in [3.8, 4) is 0 Å². The zero-order chi connectivity index (χ0) is 15.5. The van der Waals surface area contributed by atoms with Crippen molar-refractivity contribution < 1.29 is 12.8 Å². The van der Waals surface area contributed by atoms with Crippen molar-refractivity contribution in [2.75, 3.05) is 13.6 Å². The molecule has 0 fully saturated rings. The van der Waals surface area contributed by atoms with Crippen LogP contribution in [-0.4, -0.2) is 32.4 Å². The van der Waals surface area contributed by atoms with Gasteiger partial charge in [-0.05, 0) is 46.5 Å². The molecule has 122 valence electrons. The topological polar surface area (TPSA) is 63.4 Å². The van der Waals surface area contributed by atoms with Crippen molar-refractivity contribution in [1.82, 2.24) is 4.31 Å². The van der Waals surface area contributed by atoms with Gasteiger partial charge < -0.3 is 5.73 Å². The Kier molecular flexibility index (Phi) is 8.35. The number of hydrogen-bond acceptors (Lipinski definition) is 3. The first kappa shape index (κ1) is 20.8. The van der Waals surface area contributed by atoms with E-state index >= 15 is 0 Å². The zero-order valence-electron chi connectivity index (χ0n) is 12.2. The van der Waals surface area contributed by atoms with Crippen LogP contribution in [0.2, 0.25) is 0 Å². The van der Waals surface area contributed by atoms with Gasteiger partial charge in [-0.3, -0.25) is 0 Å². The number of sulfonamides is 1. The average Bonchev–Trinajstić information content (AvgIpc) is 2.38. The lowest BCUT2D eigenvalue weighted by Crippen LogP contribution is -2.34. The molecular formula is C13H21BrClFN2O2S. The lowest BCUT2D eigenvalue weighted by atomic mass is 10.0. The van der Waals surface area contributed by atoms with Gasteiger partial charge in [0.25, 0.3) is 0 Å². The Morgan fingerprint density at radius 2 is 1.95 bits per heavy atom. The molecule has 0 saturated carbocycles. The van der Waals surface area contributed by atoms with Gasteiger partial charge in [-0.25, -0.2) is 17.1 Å². The SMILES string of the molecule is CC(C)C(N)CCN(C)S(=O)(=O)c1ccc(Br)c(F)c1.Cl. The minimum absolute atomic E-state index is 0. The highest BCUT2D eigenvalue weighted by Crippen LogP contribution is 2.21. The highest BCUT2D eigenvalue weighted by Gasteiger charge is 2.22. The molecule has 0 saturated heterocycles. The predicted molar refractivity (Wildman–Crippen MR) is 88.6 cm³/mol. The fourth-order valence-corrected chi connectivity index (χ4v) is 3.05. The maximum Gasteiger partial charge on any atom is 0.242 e. The molecule has 0 heterocycles. The summed E-state index contributed by atoms with van der Waals surface area (Å²) in [4.78, 5) is -0.0566. The Bertz CT molecular complexity index is 569. The van der Waals surface area contributed by atoms with Crippen LogP contribution in [-0.2, 0) is 10.0 Å². The van der Waals surface area contributed by atoms with Crippen LogP contribution in [0.15, 0.2) is 27.6 Å². The third-order valence-electron chi connectivity index (χ3n) is 3.23. The minimum Gasteiger partial charge on any atom is -0.327 e. The van der Waals surface area contributed by atoms with Crippen LogP contribution in [0.25, 0.3) is 0 Å². The molecule has 1 rings (SSSR count). The Morgan fingerprint density at radius 1 is 1.38 bits per heavy atom. The number of nitrogens with two attached hydrogens (primary N) is 1. The van der Waals surface area contributed by atoms with Crippen molar-refractivity contribution in [2.24, 2.45) is 11.7 Å². The number of halogens is 3. The van der Waals surface area contributed by atoms with Gasteiger partial charge in [-0.15, -0.1) is 12.4 Å². The van der Waals surface area contributed by atoms with Crippen LogP contribution >= 0.6 is 28.3 Å². The van der Waals surface area contributed by atoms with Crippen molar-refractivity contribution in [3.05, 3.63) is 28.5 Å². The van der Waals surface area contributed by atoms with E-state index in [4.69, 9.17) is 5.73 Å². The van der Waals surface area contributed by atoms with Gasteiger partial charge in [-0.2, -0.15) is 0 Å². The number of benzene rings is 1. The van der Waals surface area contributed by atoms with E-state index in [9.17, 15) is 12.8 Å². The molecule has 0 aliphatic heterocycles. The first-order valence-corrected chi connectivity index (χ1v) is 8.56. The third-order valence-corrected chi connectivity index (χ3v) is 5.73. The van der Waals surface area contributed by atoms with Crippen LogP contribution in [0.5, 0.6) is 0 Å². The summed E-state index contributed by atoms with van der Waals surface area (Å²) in [5, 5.41) is 0. The highest BCUT2D eigenvalue weighted by atomic mass is 79.9. The Hall–Kier alpha value is -0.210. The quantitative estimate of drug-likeness (QED) is 0.794. The maximum absolute atomic E-state index is 13.4. The van der Waals surface area contributed by atoms with E-state index in [1.807, 2.05) is 13.8 Å². The molecule has 21 heavy (non-hydrogen) atoms. The molecule has 1 aromatic rings. The second-order valence-electron chi connectivity index (χ2n) is 5.10. The van der Waals surface area contributed by atoms with E-state index in [0.717, 1.165) is 6.07 Å². The molecule has 1 aromatic carbocycles. The summed E-state index contributed by atoms with van der Waals surface area (Å²) >= 11 is 3.00.